The smallest absolute Gasteiger partial charge is 0.252 e. The van der Waals surface area contributed by atoms with E-state index in [4.69, 9.17) is 0 Å². The number of rotatable bonds is 3. The molecule has 0 spiro atoms. The largest absolute Gasteiger partial charge is 0.396 e. The third kappa shape index (κ3) is 3.08. The third-order valence-electron chi connectivity index (χ3n) is 3.40. The van der Waals surface area contributed by atoms with E-state index in [1.54, 1.807) is 6.07 Å². The predicted molar refractivity (Wildman–Crippen MR) is 77.1 cm³/mol. The van der Waals surface area contributed by atoms with Gasteiger partial charge < -0.3 is 10.4 Å². The van der Waals surface area contributed by atoms with Gasteiger partial charge in [-0.2, -0.15) is 0 Å². The quantitative estimate of drug-likeness (QED) is 0.746. The minimum absolute atomic E-state index is 0.0815. The Bertz CT molecular complexity index is 453. The van der Waals surface area contributed by atoms with Crippen LogP contribution in [-0.4, -0.2) is 23.7 Å². The van der Waals surface area contributed by atoms with Crippen molar-refractivity contribution in [3.05, 3.63) is 28.2 Å². The summed E-state index contributed by atoms with van der Waals surface area (Å²) >= 11 is 7.61. The van der Waals surface area contributed by atoms with E-state index in [0.717, 1.165) is 28.6 Å². The Kier molecular flexibility index (Phi) is 4.70. The van der Waals surface area contributed by atoms with Crippen molar-refractivity contribution < 1.29 is 9.90 Å². The van der Waals surface area contributed by atoms with E-state index in [-0.39, 0.29) is 24.5 Å². The Hall–Kier alpha value is -0.520. The molecule has 2 N–H and O–H groups in total. The van der Waals surface area contributed by atoms with Crippen molar-refractivity contribution in [1.82, 2.24) is 5.32 Å². The molecule has 1 aromatic rings. The van der Waals surface area contributed by atoms with Crippen molar-refractivity contribution in [2.24, 2.45) is 5.92 Å². The molecule has 1 saturated carbocycles. The van der Waals surface area contributed by atoms with Crippen LogP contribution in [0.5, 0.6) is 0 Å². The highest BCUT2D eigenvalue weighted by Gasteiger charge is 2.28. The van der Waals surface area contributed by atoms with E-state index in [0.29, 0.717) is 5.56 Å². The van der Waals surface area contributed by atoms with Crippen molar-refractivity contribution in [2.75, 3.05) is 6.61 Å². The Morgan fingerprint density at radius 2 is 2.28 bits per heavy atom. The molecule has 0 aliphatic heterocycles. The van der Waals surface area contributed by atoms with Gasteiger partial charge in [0.2, 0.25) is 0 Å². The first-order chi connectivity index (χ1) is 8.61. The number of carbonyl (C=O) groups excluding carboxylic acids is 1. The molecule has 1 aliphatic carbocycles. The molecule has 0 heterocycles. The summed E-state index contributed by atoms with van der Waals surface area (Å²) in [5.41, 5.74) is 0.589. The van der Waals surface area contributed by atoms with Crippen molar-refractivity contribution in [1.29, 1.82) is 0 Å². The van der Waals surface area contributed by atoms with Crippen LogP contribution in [0.3, 0.4) is 0 Å². The highest BCUT2D eigenvalue weighted by molar-refractivity contribution is 9.10. The highest BCUT2D eigenvalue weighted by atomic mass is 79.9. The molecule has 1 fully saturated rings. The predicted octanol–water partition coefficient (Wildman–Crippen LogP) is 2.63. The van der Waals surface area contributed by atoms with Gasteiger partial charge in [-0.3, -0.25) is 4.79 Å². The molecular formula is C13H16BrNO2S. The molecule has 0 bridgehead atoms. The summed E-state index contributed by atoms with van der Waals surface area (Å²) in [7, 11) is 0. The number of benzene rings is 1. The minimum atomic E-state index is -0.108. The fourth-order valence-electron chi connectivity index (χ4n) is 2.38. The van der Waals surface area contributed by atoms with E-state index in [9.17, 15) is 9.90 Å². The molecule has 5 heteroatoms. The van der Waals surface area contributed by atoms with E-state index < -0.39 is 0 Å². The Balaban J connectivity index is 2.09. The summed E-state index contributed by atoms with van der Waals surface area (Å²) in [5.74, 6) is 0.0787. The number of nitrogens with one attached hydrogen (secondary N) is 1. The van der Waals surface area contributed by atoms with Crippen molar-refractivity contribution in [3.63, 3.8) is 0 Å². The summed E-state index contributed by atoms with van der Waals surface area (Å²) in [5, 5.41) is 12.2. The van der Waals surface area contributed by atoms with Crippen LogP contribution in [0.4, 0.5) is 0 Å². The molecule has 0 aromatic heterocycles. The van der Waals surface area contributed by atoms with Gasteiger partial charge in [0.1, 0.15) is 0 Å². The summed E-state index contributed by atoms with van der Waals surface area (Å²) in [6.45, 7) is 0.138. The van der Waals surface area contributed by atoms with Crippen LogP contribution in [0.1, 0.15) is 29.6 Å². The molecule has 2 rings (SSSR count). The standard InChI is InChI=1S/C13H16BrNO2S/c14-11-5-4-9(18)6-10(11)13(17)15-12-3-1-2-8(12)7-16/h4-6,8,12,16,18H,1-3,7H2,(H,15,17). The molecule has 1 amide bonds. The van der Waals surface area contributed by atoms with Crippen molar-refractivity contribution >= 4 is 34.5 Å². The number of aliphatic hydroxyl groups excluding tert-OH is 1. The van der Waals surface area contributed by atoms with E-state index in [1.807, 2.05) is 12.1 Å². The first kappa shape index (κ1) is 13.9. The second-order valence-electron chi connectivity index (χ2n) is 4.62. The summed E-state index contributed by atoms with van der Waals surface area (Å²) < 4.78 is 0.761. The lowest BCUT2D eigenvalue weighted by molar-refractivity contribution is 0.0915. The first-order valence-electron chi connectivity index (χ1n) is 6.02. The molecular weight excluding hydrogens is 314 g/mol. The molecule has 0 saturated heterocycles. The molecule has 1 aromatic carbocycles. The van der Waals surface area contributed by atoms with Crippen LogP contribution >= 0.6 is 28.6 Å². The van der Waals surface area contributed by atoms with Crippen LogP contribution in [0, 0.1) is 5.92 Å². The maximum Gasteiger partial charge on any atom is 0.252 e. The summed E-state index contributed by atoms with van der Waals surface area (Å²) in [6.07, 6.45) is 2.98. The second kappa shape index (κ2) is 6.08. The molecule has 2 atom stereocenters. The first-order valence-corrected chi connectivity index (χ1v) is 7.26. The van der Waals surface area contributed by atoms with E-state index >= 15 is 0 Å². The zero-order chi connectivity index (χ0) is 13.1. The summed E-state index contributed by atoms with van der Waals surface area (Å²) in [6, 6.07) is 5.47. The molecule has 1 aliphatic rings. The van der Waals surface area contributed by atoms with Gasteiger partial charge in [0, 0.05) is 27.9 Å². The van der Waals surface area contributed by atoms with E-state index in [1.165, 1.54) is 0 Å². The van der Waals surface area contributed by atoms with Crippen LogP contribution in [0.25, 0.3) is 0 Å². The minimum Gasteiger partial charge on any atom is -0.396 e. The number of aliphatic hydroxyl groups is 1. The number of amides is 1. The fraction of sp³-hybridized carbons (Fsp3) is 0.462. The molecule has 18 heavy (non-hydrogen) atoms. The Morgan fingerprint density at radius 3 is 3.00 bits per heavy atom. The number of thiol groups is 1. The maximum atomic E-state index is 12.2. The Labute approximate surface area is 121 Å². The van der Waals surface area contributed by atoms with Crippen LogP contribution < -0.4 is 5.32 Å². The zero-order valence-electron chi connectivity index (χ0n) is 9.90. The normalized spacial score (nSPS) is 23.1. The number of carbonyl (C=O) groups is 1. The number of hydrogen-bond acceptors (Lipinski definition) is 3. The van der Waals surface area contributed by atoms with Gasteiger partial charge in [0.05, 0.1) is 5.56 Å². The van der Waals surface area contributed by atoms with Crippen LogP contribution in [0.15, 0.2) is 27.6 Å². The van der Waals surface area contributed by atoms with Gasteiger partial charge in [-0.15, -0.1) is 12.6 Å². The number of halogens is 1. The topological polar surface area (TPSA) is 49.3 Å². The van der Waals surface area contributed by atoms with E-state index in [2.05, 4.69) is 33.9 Å². The van der Waals surface area contributed by atoms with Crippen LogP contribution in [0.2, 0.25) is 0 Å². The molecule has 3 nitrogen and oxygen atoms in total. The van der Waals surface area contributed by atoms with Gasteiger partial charge in [0.15, 0.2) is 0 Å². The number of hydrogen-bond donors (Lipinski definition) is 3. The van der Waals surface area contributed by atoms with Crippen molar-refractivity contribution in [2.45, 2.75) is 30.2 Å². The van der Waals surface area contributed by atoms with Gasteiger partial charge in [-0.05, 0) is 47.0 Å². The maximum absolute atomic E-state index is 12.2. The fourth-order valence-corrected chi connectivity index (χ4v) is 3.01. The molecule has 98 valence electrons. The third-order valence-corrected chi connectivity index (χ3v) is 4.37. The monoisotopic (exact) mass is 329 g/mol. The zero-order valence-corrected chi connectivity index (χ0v) is 12.4. The molecule has 0 radical (unpaired) electrons. The molecule has 2 unspecified atom stereocenters. The SMILES string of the molecule is O=C(NC1CCCC1CO)c1cc(S)ccc1Br. The van der Waals surface area contributed by atoms with Gasteiger partial charge >= 0.3 is 0 Å². The lowest BCUT2D eigenvalue weighted by Crippen LogP contribution is -2.38. The summed E-state index contributed by atoms with van der Waals surface area (Å²) in [4.78, 5) is 12.9. The van der Waals surface area contributed by atoms with Gasteiger partial charge in [0.25, 0.3) is 5.91 Å². The van der Waals surface area contributed by atoms with Gasteiger partial charge in [-0.25, -0.2) is 0 Å². The van der Waals surface area contributed by atoms with Crippen LogP contribution in [-0.2, 0) is 0 Å². The van der Waals surface area contributed by atoms with Gasteiger partial charge in [-0.1, -0.05) is 6.42 Å². The second-order valence-corrected chi connectivity index (χ2v) is 5.99. The lowest BCUT2D eigenvalue weighted by Gasteiger charge is -2.19. The average molecular weight is 330 g/mol. The Morgan fingerprint density at radius 1 is 1.50 bits per heavy atom. The highest BCUT2D eigenvalue weighted by Crippen LogP contribution is 2.26. The average Bonchev–Trinajstić information content (AvgIpc) is 2.79. The lowest BCUT2D eigenvalue weighted by atomic mass is 10.0. The van der Waals surface area contributed by atoms with Crippen molar-refractivity contribution in [3.8, 4) is 0 Å².